The molecule has 2 aliphatic rings. The van der Waals surface area contributed by atoms with Gasteiger partial charge in [0.1, 0.15) is 11.7 Å². The maximum absolute atomic E-state index is 12.7. The van der Waals surface area contributed by atoms with Gasteiger partial charge in [-0.1, -0.05) is 0 Å². The van der Waals surface area contributed by atoms with Gasteiger partial charge in [-0.3, -0.25) is 14.9 Å². The van der Waals surface area contributed by atoms with E-state index < -0.39 is 26.9 Å². The third kappa shape index (κ3) is 3.65. The monoisotopic (exact) mass is 383 g/mol. The molecule has 26 heavy (non-hydrogen) atoms. The summed E-state index contributed by atoms with van der Waals surface area (Å²) in [5.74, 6) is -0.198. The summed E-state index contributed by atoms with van der Waals surface area (Å²) in [6, 6.07) is 5.45. The minimum absolute atomic E-state index is 0.177. The highest BCUT2D eigenvalue weighted by Crippen LogP contribution is 2.35. The molecule has 142 valence electrons. The Morgan fingerprint density at radius 1 is 1.23 bits per heavy atom. The van der Waals surface area contributed by atoms with E-state index in [1.165, 1.54) is 21.3 Å². The summed E-state index contributed by atoms with van der Waals surface area (Å²) in [5.41, 5.74) is 0. The summed E-state index contributed by atoms with van der Waals surface area (Å²) in [5, 5.41) is 10.7. The van der Waals surface area contributed by atoms with Crippen LogP contribution in [0, 0.1) is 16.0 Å². The first kappa shape index (κ1) is 18.6. The van der Waals surface area contributed by atoms with Crippen molar-refractivity contribution in [3.05, 3.63) is 34.4 Å². The fourth-order valence-corrected chi connectivity index (χ4v) is 4.51. The van der Waals surface area contributed by atoms with Gasteiger partial charge in [-0.2, -0.15) is 4.31 Å². The molecule has 1 saturated carbocycles. The van der Waals surface area contributed by atoms with Crippen molar-refractivity contribution in [2.45, 2.75) is 24.3 Å². The number of hydrogen-bond acceptors (Lipinski definition) is 6. The highest BCUT2D eigenvalue weighted by Gasteiger charge is 2.54. The lowest BCUT2D eigenvalue weighted by molar-refractivity contribution is -0.497. The quantitative estimate of drug-likeness (QED) is 0.525. The minimum atomic E-state index is -3.64. The third-order valence-electron chi connectivity index (χ3n) is 4.67. The molecule has 0 bridgehead atoms. The second-order valence-electron chi connectivity index (χ2n) is 6.33. The molecule has 2 atom stereocenters. The summed E-state index contributed by atoms with van der Waals surface area (Å²) in [7, 11) is -3.64. The predicted octanol–water partition coefficient (Wildman–Crippen LogP) is 0.583. The number of carbonyl (C=O) groups is 1. The number of nitro groups is 1. The van der Waals surface area contributed by atoms with Crippen LogP contribution in [0.4, 0.5) is 0 Å². The van der Waals surface area contributed by atoms with Crippen molar-refractivity contribution in [3.63, 3.8) is 0 Å². The summed E-state index contributed by atoms with van der Waals surface area (Å²) < 4.78 is 32.1. The first-order valence-electron chi connectivity index (χ1n) is 8.50. The lowest BCUT2D eigenvalue weighted by atomic mass is 10.3. The molecule has 1 heterocycles. The third-order valence-corrected chi connectivity index (χ3v) is 6.58. The lowest BCUT2D eigenvalue weighted by Crippen LogP contribution is -2.51. The van der Waals surface area contributed by atoms with E-state index in [9.17, 15) is 23.3 Å². The summed E-state index contributed by atoms with van der Waals surface area (Å²) >= 11 is 0. The number of nitrogens with zero attached hydrogens (tertiary/aromatic N) is 3. The van der Waals surface area contributed by atoms with Gasteiger partial charge >= 0.3 is 0 Å². The normalized spacial score (nSPS) is 23.5. The zero-order valence-corrected chi connectivity index (χ0v) is 15.2. The van der Waals surface area contributed by atoms with Crippen molar-refractivity contribution in [3.8, 4) is 5.75 Å². The lowest BCUT2D eigenvalue weighted by Gasteiger charge is -2.34. The SMILES string of the molecule is CCOc1ccc(S(=O)(=O)N2CCN(C(=O)C3CC3[N+](=O)[O-])CC2)cc1. The van der Waals surface area contributed by atoms with Crippen molar-refractivity contribution >= 4 is 15.9 Å². The van der Waals surface area contributed by atoms with Crippen LogP contribution in [-0.2, 0) is 14.8 Å². The van der Waals surface area contributed by atoms with Crippen molar-refractivity contribution in [1.82, 2.24) is 9.21 Å². The summed E-state index contributed by atoms with van der Waals surface area (Å²) in [4.78, 5) is 24.2. The van der Waals surface area contributed by atoms with Crippen molar-refractivity contribution in [2.75, 3.05) is 32.8 Å². The topological polar surface area (TPSA) is 110 Å². The van der Waals surface area contributed by atoms with Crippen molar-refractivity contribution < 1.29 is 22.9 Å². The molecule has 2 fully saturated rings. The Balaban J connectivity index is 1.60. The second-order valence-corrected chi connectivity index (χ2v) is 8.27. The van der Waals surface area contributed by atoms with E-state index in [0.717, 1.165) is 0 Å². The van der Waals surface area contributed by atoms with Gasteiger partial charge in [0.05, 0.1) is 11.5 Å². The van der Waals surface area contributed by atoms with Gasteiger partial charge in [0, 0.05) is 37.5 Å². The van der Waals surface area contributed by atoms with Gasteiger partial charge in [0.2, 0.25) is 22.0 Å². The fourth-order valence-electron chi connectivity index (χ4n) is 3.09. The number of benzene rings is 1. The van der Waals surface area contributed by atoms with E-state index in [-0.39, 0.29) is 43.4 Å². The Labute approximate surface area is 151 Å². The first-order chi connectivity index (χ1) is 12.3. The largest absolute Gasteiger partial charge is 0.494 e. The molecule has 3 rings (SSSR count). The van der Waals surface area contributed by atoms with Crippen LogP contribution in [0.5, 0.6) is 5.75 Å². The molecule has 1 aromatic carbocycles. The number of amides is 1. The molecule has 1 aromatic rings. The predicted molar refractivity (Wildman–Crippen MR) is 91.8 cm³/mol. The van der Waals surface area contributed by atoms with Crippen LogP contribution in [0.3, 0.4) is 0 Å². The zero-order valence-electron chi connectivity index (χ0n) is 14.4. The molecule has 0 aromatic heterocycles. The molecule has 1 aliphatic carbocycles. The maximum atomic E-state index is 12.7. The van der Waals surface area contributed by atoms with Crippen LogP contribution in [0.25, 0.3) is 0 Å². The summed E-state index contributed by atoms with van der Waals surface area (Å²) in [6.07, 6.45) is 0.274. The van der Waals surface area contributed by atoms with Gasteiger partial charge in [-0.25, -0.2) is 8.42 Å². The number of carbonyl (C=O) groups excluding carboxylic acids is 1. The van der Waals surface area contributed by atoms with E-state index in [2.05, 4.69) is 0 Å². The molecule has 0 N–H and O–H groups in total. The zero-order chi connectivity index (χ0) is 18.9. The van der Waals surface area contributed by atoms with E-state index in [4.69, 9.17) is 4.74 Å². The Hall–Kier alpha value is -2.20. The average molecular weight is 383 g/mol. The van der Waals surface area contributed by atoms with Gasteiger partial charge in [0.25, 0.3) is 0 Å². The number of piperazine rings is 1. The van der Waals surface area contributed by atoms with E-state index in [1.54, 1.807) is 12.1 Å². The molecular weight excluding hydrogens is 362 g/mol. The van der Waals surface area contributed by atoms with Crippen LogP contribution in [-0.4, -0.2) is 67.3 Å². The molecule has 9 nitrogen and oxygen atoms in total. The standard InChI is InChI=1S/C16H21N3O6S/c1-2-25-12-3-5-13(6-4-12)26(23,24)18-9-7-17(8-10-18)16(20)14-11-15(14)19(21)22/h3-6,14-15H,2,7-11H2,1H3. The van der Waals surface area contributed by atoms with Gasteiger partial charge in [-0.05, 0) is 31.2 Å². The molecule has 1 aliphatic heterocycles. The molecule has 1 saturated heterocycles. The smallest absolute Gasteiger partial charge is 0.243 e. The minimum Gasteiger partial charge on any atom is -0.494 e. The summed E-state index contributed by atoms with van der Waals surface area (Å²) in [6.45, 7) is 3.20. The molecule has 2 unspecified atom stereocenters. The molecule has 0 radical (unpaired) electrons. The second kappa shape index (κ2) is 7.20. The van der Waals surface area contributed by atoms with E-state index >= 15 is 0 Å². The van der Waals surface area contributed by atoms with Crippen LogP contribution < -0.4 is 4.74 Å². The number of sulfonamides is 1. The Bertz CT molecular complexity index is 787. The molecule has 0 spiro atoms. The Morgan fingerprint density at radius 3 is 2.35 bits per heavy atom. The van der Waals surface area contributed by atoms with Crippen molar-refractivity contribution in [1.29, 1.82) is 0 Å². The van der Waals surface area contributed by atoms with Gasteiger partial charge in [-0.15, -0.1) is 0 Å². The number of hydrogen-bond donors (Lipinski definition) is 0. The first-order valence-corrected chi connectivity index (χ1v) is 9.94. The maximum Gasteiger partial charge on any atom is 0.243 e. The molecule has 1 amide bonds. The average Bonchev–Trinajstić information content (AvgIpc) is 3.43. The van der Waals surface area contributed by atoms with Crippen LogP contribution >= 0.6 is 0 Å². The van der Waals surface area contributed by atoms with E-state index in [0.29, 0.717) is 12.4 Å². The van der Waals surface area contributed by atoms with Crippen LogP contribution in [0.15, 0.2) is 29.2 Å². The van der Waals surface area contributed by atoms with E-state index in [1.807, 2.05) is 6.92 Å². The number of ether oxygens (including phenoxy) is 1. The molecule has 10 heteroatoms. The van der Waals surface area contributed by atoms with Crippen LogP contribution in [0.1, 0.15) is 13.3 Å². The molecular formula is C16H21N3O6S. The Kier molecular flexibility index (Phi) is 5.15. The highest BCUT2D eigenvalue weighted by molar-refractivity contribution is 7.89. The fraction of sp³-hybridized carbons (Fsp3) is 0.562. The Morgan fingerprint density at radius 2 is 1.85 bits per heavy atom. The number of rotatable bonds is 6. The van der Waals surface area contributed by atoms with Gasteiger partial charge in [0.15, 0.2) is 0 Å². The van der Waals surface area contributed by atoms with Gasteiger partial charge < -0.3 is 9.64 Å². The van der Waals surface area contributed by atoms with Crippen molar-refractivity contribution in [2.24, 2.45) is 5.92 Å². The highest BCUT2D eigenvalue weighted by atomic mass is 32.2. The van der Waals surface area contributed by atoms with Crippen LogP contribution in [0.2, 0.25) is 0 Å².